The second-order valence-electron chi connectivity index (χ2n) is 5.95. The van der Waals surface area contributed by atoms with Gasteiger partial charge in [-0.1, -0.05) is 23.7 Å². The molecule has 0 aliphatic rings. The monoisotopic (exact) mass is 411 g/mol. The molecule has 1 heterocycles. The van der Waals surface area contributed by atoms with Gasteiger partial charge in [0.25, 0.3) is 0 Å². The lowest BCUT2D eigenvalue weighted by Gasteiger charge is -2.07. The van der Waals surface area contributed by atoms with Crippen LogP contribution in [-0.4, -0.2) is 22.6 Å². The van der Waals surface area contributed by atoms with Crippen LogP contribution in [0.5, 0.6) is 0 Å². The Morgan fingerprint density at radius 3 is 2.11 bits per heavy atom. The van der Waals surface area contributed by atoms with Gasteiger partial charge in [0.1, 0.15) is 0 Å². The smallest absolute Gasteiger partial charge is 0.234 e. The lowest BCUT2D eigenvalue weighted by molar-refractivity contribution is -0.115. The van der Waals surface area contributed by atoms with Crippen LogP contribution in [0.1, 0.15) is 5.56 Å². The van der Waals surface area contributed by atoms with E-state index in [0.29, 0.717) is 16.5 Å². The number of anilines is 2. The van der Waals surface area contributed by atoms with Gasteiger partial charge in [0, 0.05) is 33.7 Å². The van der Waals surface area contributed by atoms with Gasteiger partial charge < -0.3 is 10.6 Å². The third kappa shape index (κ3) is 6.40. The van der Waals surface area contributed by atoms with Crippen molar-refractivity contribution >= 4 is 46.6 Å². The van der Waals surface area contributed by atoms with Crippen molar-refractivity contribution < 1.29 is 9.59 Å². The zero-order valence-corrected chi connectivity index (χ0v) is 16.5. The maximum atomic E-state index is 12.1. The fourth-order valence-electron chi connectivity index (χ4n) is 2.41. The fraction of sp³-hybridized carbons (Fsp3) is 0.0952. The molecule has 0 bridgehead atoms. The van der Waals surface area contributed by atoms with Crippen LogP contribution in [0.15, 0.2) is 78.0 Å². The number of carbonyl (C=O) groups is 2. The summed E-state index contributed by atoms with van der Waals surface area (Å²) in [6, 6.07) is 18.1. The summed E-state index contributed by atoms with van der Waals surface area (Å²) < 4.78 is 0. The van der Waals surface area contributed by atoms with E-state index in [2.05, 4.69) is 15.6 Å². The number of nitrogens with zero attached hydrogens (tertiary/aromatic N) is 1. The number of halogens is 1. The van der Waals surface area contributed by atoms with Crippen LogP contribution in [0, 0.1) is 0 Å². The molecule has 2 N–H and O–H groups in total. The quantitative estimate of drug-likeness (QED) is 0.555. The minimum atomic E-state index is -0.0977. The van der Waals surface area contributed by atoms with Crippen molar-refractivity contribution in [3.63, 3.8) is 0 Å². The lowest BCUT2D eigenvalue weighted by Crippen LogP contribution is -2.14. The molecule has 3 aromatic rings. The van der Waals surface area contributed by atoms with Crippen LogP contribution >= 0.6 is 23.4 Å². The Kier molecular flexibility index (Phi) is 7.06. The zero-order chi connectivity index (χ0) is 19.8. The lowest BCUT2D eigenvalue weighted by atomic mass is 10.1. The Morgan fingerprint density at radius 1 is 0.821 bits per heavy atom. The van der Waals surface area contributed by atoms with Gasteiger partial charge >= 0.3 is 0 Å². The van der Waals surface area contributed by atoms with Crippen molar-refractivity contribution in [1.29, 1.82) is 0 Å². The molecule has 3 rings (SSSR count). The number of carbonyl (C=O) groups excluding carboxylic acids is 2. The fourth-order valence-corrected chi connectivity index (χ4v) is 3.23. The standard InChI is InChI=1S/C21H18ClN3O2S/c22-16-3-1-15(2-4-16)13-20(26)24-17-5-7-19(8-6-17)28-14-21(27)25-18-9-11-23-12-10-18/h1-12H,13-14H2,(H,24,26)(H,23,25,27). The van der Waals surface area contributed by atoms with E-state index < -0.39 is 0 Å². The molecule has 28 heavy (non-hydrogen) atoms. The van der Waals surface area contributed by atoms with E-state index in [0.717, 1.165) is 16.1 Å². The molecule has 0 fully saturated rings. The van der Waals surface area contributed by atoms with Gasteiger partial charge in [0.15, 0.2) is 0 Å². The number of benzene rings is 2. The molecule has 0 aliphatic heterocycles. The molecule has 142 valence electrons. The van der Waals surface area contributed by atoms with E-state index in [-0.39, 0.29) is 18.2 Å². The molecular weight excluding hydrogens is 394 g/mol. The number of aromatic nitrogens is 1. The third-order valence-electron chi connectivity index (χ3n) is 3.75. The van der Waals surface area contributed by atoms with Crippen molar-refractivity contribution in [3.05, 3.63) is 83.6 Å². The summed E-state index contributed by atoms with van der Waals surface area (Å²) in [5, 5.41) is 6.32. The average molecular weight is 412 g/mol. The van der Waals surface area contributed by atoms with E-state index in [1.165, 1.54) is 11.8 Å². The minimum Gasteiger partial charge on any atom is -0.326 e. The summed E-state index contributed by atoms with van der Waals surface area (Å²) in [4.78, 5) is 29.0. The van der Waals surface area contributed by atoms with Crippen LogP contribution in [0.3, 0.4) is 0 Å². The highest BCUT2D eigenvalue weighted by Crippen LogP contribution is 2.21. The van der Waals surface area contributed by atoms with Crippen molar-refractivity contribution in [2.24, 2.45) is 0 Å². The van der Waals surface area contributed by atoms with Crippen molar-refractivity contribution in [2.45, 2.75) is 11.3 Å². The molecule has 2 amide bonds. The summed E-state index contributed by atoms with van der Waals surface area (Å²) >= 11 is 7.27. The summed E-state index contributed by atoms with van der Waals surface area (Å²) in [5.41, 5.74) is 2.33. The molecule has 0 radical (unpaired) electrons. The third-order valence-corrected chi connectivity index (χ3v) is 5.01. The van der Waals surface area contributed by atoms with Crippen LogP contribution in [-0.2, 0) is 16.0 Å². The molecule has 2 aromatic carbocycles. The summed E-state index contributed by atoms with van der Waals surface area (Å²) in [6.07, 6.45) is 3.54. The van der Waals surface area contributed by atoms with E-state index in [9.17, 15) is 9.59 Å². The highest BCUT2D eigenvalue weighted by Gasteiger charge is 2.06. The number of nitrogens with one attached hydrogen (secondary N) is 2. The van der Waals surface area contributed by atoms with Crippen LogP contribution < -0.4 is 10.6 Å². The first kappa shape index (κ1) is 19.9. The molecular formula is C21H18ClN3O2S. The predicted octanol–water partition coefficient (Wildman–Crippen LogP) is 4.65. The Labute approximate surface area is 172 Å². The number of rotatable bonds is 7. The first-order valence-electron chi connectivity index (χ1n) is 8.55. The SMILES string of the molecule is O=C(CSc1ccc(NC(=O)Cc2ccc(Cl)cc2)cc1)Nc1ccncc1. The Hall–Kier alpha value is -2.83. The summed E-state index contributed by atoms with van der Waals surface area (Å²) in [5.74, 6) is 0.112. The maximum Gasteiger partial charge on any atom is 0.234 e. The first-order valence-corrected chi connectivity index (χ1v) is 9.92. The molecule has 0 aliphatic carbocycles. The number of thioether (sulfide) groups is 1. The van der Waals surface area contributed by atoms with E-state index in [1.54, 1.807) is 36.7 Å². The van der Waals surface area contributed by atoms with Crippen molar-refractivity contribution in [2.75, 3.05) is 16.4 Å². The largest absolute Gasteiger partial charge is 0.326 e. The molecule has 0 atom stereocenters. The van der Waals surface area contributed by atoms with Crippen LogP contribution in [0.2, 0.25) is 5.02 Å². The molecule has 0 saturated heterocycles. The molecule has 5 nitrogen and oxygen atoms in total. The second kappa shape index (κ2) is 9.92. The van der Waals surface area contributed by atoms with Gasteiger partial charge in [-0.15, -0.1) is 11.8 Å². The topological polar surface area (TPSA) is 71.1 Å². The molecule has 0 saturated carbocycles. The number of hydrogen-bond donors (Lipinski definition) is 2. The highest BCUT2D eigenvalue weighted by atomic mass is 35.5. The molecule has 0 unspecified atom stereocenters. The number of hydrogen-bond acceptors (Lipinski definition) is 4. The zero-order valence-electron chi connectivity index (χ0n) is 14.9. The van der Waals surface area contributed by atoms with Gasteiger partial charge in [-0.05, 0) is 54.1 Å². The van der Waals surface area contributed by atoms with E-state index >= 15 is 0 Å². The van der Waals surface area contributed by atoms with Gasteiger partial charge in [0.2, 0.25) is 11.8 Å². The van der Waals surface area contributed by atoms with Gasteiger partial charge in [-0.25, -0.2) is 0 Å². The van der Waals surface area contributed by atoms with Crippen LogP contribution in [0.25, 0.3) is 0 Å². The Balaban J connectivity index is 1.45. The Morgan fingerprint density at radius 2 is 1.43 bits per heavy atom. The Bertz CT molecular complexity index is 932. The van der Waals surface area contributed by atoms with Gasteiger partial charge in [0.05, 0.1) is 12.2 Å². The normalized spacial score (nSPS) is 10.3. The van der Waals surface area contributed by atoms with E-state index in [4.69, 9.17) is 11.6 Å². The second-order valence-corrected chi connectivity index (χ2v) is 7.43. The number of amides is 2. The summed E-state index contributed by atoms with van der Waals surface area (Å²) in [7, 11) is 0. The first-order chi connectivity index (χ1) is 13.6. The average Bonchev–Trinajstić information content (AvgIpc) is 2.70. The molecule has 1 aromatic heterocycles. The highest BCUT2D eigenvalue weighted by molar-refractivity contribution is 8.00. The molecule has 7 heteroatoms. The van der Waals surface area contributed by atoms with Gasteiger partial charge in [-0.3, -0.25) is 14.6 Å². The summed E-state index contributed by atoms with van der Waals surface area (Å²) in [6.45, 7) is 0. The predicted molar refractivity (Wildman–Crippen MR) is 114 cm³/mol. The minimum absolute atomic E-state index is 0.0865. The van der Waals surface area contributed by atoms with Crippen molar-refractivity contribution in [3.8, 4) is 0 Å². The number of pyridine rings is 1. The molecule has 0 spiro atoms. The van der Waals surface area contributed by atoms with Crippen LogP contribution in [0.4, 0.5) is 11.4 Å². The maximum absolute atomic E-state index is 12.1. The van der Waals surface area contributed by atoms with Crippen molar-refractivity contribution in [1.82, 2.24) is 4.98 Å². The van der Waals surface area contributed by atoms with Gasteiger partial charge in [-0.2, -0.15) is 0 Å². The van der Waals surface area contributed by atoms with E-state index in [1.807, 2.05) is 36.4 Å².